The van der Waals surface area contributed by atoms with Gasteiger partial charge in [-0.05, 0) is 51.4 Å². The van der Waals surface area contributed by atoms with E-state index >= 15 is 0 Å². The number of ether oxygens (including phenoxy) is 3. The van der Waals surface area contributed by atoms with Gasteiger partial charge in [0.05, 0.1) is 0 Å². The summed E-state index contributed by atoms with van der Waals surface area (Å²) in [5.41, 5.74) is 0. The van der Waals surface area contributed by atoms with Crippen LogP contribution in [0.2, 0.25) is 0 Å². The molecule has 6 heteroatoms. The summed E-state index contributed by atoms with van der Waals surface area (Å²) in [4.78, 5) is 37.9. The van der Waals surface area contributed by atoms with Crippen LogP contribution in [0.5, 0.6) is 0 Å². The first-order valence-electron chi connectivity index (χ1n) is 26.3. The molecule has 0 heterocycles. The maximum Gasteiger partial charge on any atom is 0.306 e. The van der Waals surface area contributed by atoms with Crippen LogP contribution < -0.4 is 0 Å². The first-order valence-corrected chi connectivity index (χ1v) is 26.3. The number of carbonyl (C=O) groups is 3. The molecule has 6 nitrogen and oxygen atoms in total. The smallest absolute Gasteiger partial charge is 0.306 e. The maximum atomic E-state index is 12.8. The van der Waals surface area contributed by atoms with E-state index in [0.29, 0.717) is 19.3 Å². The van der Waals surface area contributed by atoms with Crippen molar-refractivity contribution in [3.05, 3.63) is 24.3 Å². The maximum absolute atomic E-state index is 12.8. The lowest BCUT2D eigenvalue weighted by atomic mass is 10.0. The lowest BCUT2D eigenvalue weighted by molar-refractivity contribution is -0.167. The molecule has 1 atom stereocenters. The van der Waals surface area contributed by atoms with Gasteiger partial charge in [0.2, 0.25) is 0 Å². The van der Waals surface area contributed by atoms with Crippen LogP contribution in [0, 0.1) is 0 Å². The number of unbranched alkanes of at least 4 members (excludes halogenated alkanes) is 33. The molecule has 0 N–H and O–H groups in total. The van der Waals surface area contributed by atoms with Crippen LogP contribution in [0.1, 0.15) is 284 Å². The molecule has 0 aliphatic carbocycles. The predicted molar refractivity (Wildman–Crippen MR) is 256 cm³/mol. The lowest BCUT2D eigenvalue weighted by Crippen LogP contribution is -2.30. The molecule has 0 aromatic carbocycles. The summed E-state index contributed by atoms with van der Waals surface area (Å²) < 4.78 is 16.8. The van der Waals surface area contributed by atoms with Gasteiger partial charge in [-0.3, -0.25) is 14.4 Å². The summed E-state index contributed by atoms with van der Waals surface area (Å²) in [6, 6.07) is 0. The Bertz CT molecular complexity index is 973. The quantitative estimate of drug-likeness (QED) is 0.0263. The summed E-state index contributed by atoms with van der Waals surface area (Å²) in [5.74, 6) is -0.859. The van der Waals surface area contributed by atoms with Crippen molar-refractivity contribution in [2.75, 3.05) is 13.2 Å². The molecular formula is C54H100O6. The van der Waals surface area contributed by atoms with Crippen LogP contribution in [0.4, 0.5) is 0 Å². The minimum Gasteiger partial charge on any atom is -0.462 e. The van der Waals surface area contributed by atoms with Crippen LogP contribution in [0.3, 0.4) is 0 Å². The van der Waals surface area contributed by atoms with Gasteiger partial charge in [-0.2, -0.15) is 0 Å². The second kappa shape index (κ2) is 49.5. The standard InChI is InChI=1S/C54H100O6/c1-4-7-10-13-16-19-22-24-25-26-27-28-29-30-33-35-38-41-44-47-53(56)59-50-51(60-54(57)48-45-42-39-36-31-21-18-15-12-9-6-3)49-58-52(55)46-43-40-37-34-32-23-20-17-14-11-8-5-2/h16,19,24-25,51H,4-15,17-18,20-23,26-50H2,1-3H3/b19-16-,25-24-/t51-/m0/s1. The number of hydrogen-bond acceptors (Lipinski definition) is 6. The molecule has 0 aromatic heterocycles. The molecule has 0 bridgehead atoms. The SMILES string of the molecule is CCCCC/C=C\C/C=C\CCCCCCCCCCCC(=O)OC[C@H](COC(=O)CCCCCCCCCCCCCC)OC(=O)CCCCCCCCCCCCC. The van der Waals surface area contributed by atoms with Gasteiger partial charge in [0.1, 0.15) is 13.2 Å². The third-order valence-electron chi connectivity index (χ3n) is 11.7. The molecule has 0 aliphatic rings. The van der Waals surface area contributed by atoms with Gasteiger partial charge in [0.15, 0.2) is 6.10 Å². The highest BCUT2D eigenvalue weighted by Crippen LogP contribution is 2.16. The molecule has 0 saturated heterocycles. The minimum atomic E-state index is -0.765. The molecule has 0 aliphatic heterocycles. The van der Waals surface area contributed by atoms with E-state index in [9.17, 15) is 14.4 Å². The van der Waals surface area contributed by atoms with Crippen molar-refractivity contribution < 1.29 is 28.6 Å². The average Bonchev–Trinajstić information content (AvgIpc) is 3.24. The number of hydrogen-bond donors (Lipinski definition) is 0. The summed E-state index contributed by atoms with van der Waals surface area (Å²) >= 11 is 0. The number of rotatable bonds is 48. The summed E-state index contributed by atoms with van der Waals surface area (Å²) in [7, 11) is 0. The molecule has 0 fully saturated rings. The molecule has 0 amide bonds. The van der Waals surface area contributed by atoms with E-state index in [0.717, 1.165) is 64.2 Å². The van der Waals surface area contributed by atoms with Crippen LogP contribution in [0.15, 0.2) is 24.3 Å². The molecule has 352 valence electrons. The van der Waals surface area contributed by atoms with Crippen LogP contribution >= 0.6 is 0 Å². The second-order valence-electron chi connectivity index (χ2n) is 17.8. The Hall–Kier alpha value is -2.11. The van der Waals surface area contributed by atoms with Crippen molar-refractivity contribution in [1.82, 2.24) is 0 Å². The van der Waals surface area contributed by atoms with Gasteiger partial charge >= 0.3 is 17.9 Å². The van der Waals surface area contributed by atoms with Gasteiger partial charge in [0, 0.05) is 19.3 Å². The first kappa shape index (κ1) is 57.9. The Morgan fingerprint density at radius 3 is 0.950 bits per heavy atom. The summed E-state index contributed by atoms with van der Waals surface area (Å²) in [6.07, 6.45) is 55.9. The Morgan fingerprint density at radius 2 is 0.600 bits per heavy atom. The molecule has 60 heavy (non-hydrogen) atoms. The van der Waals surface area contributed by atoms with Gasteiger partial charge < -0.3 is 14.2 Å². The molecule has 0 radical (unpaired) electrons. The Morgan fingerprint density at radius 1 is 0.333 bits per heavy atom. The molecule has 0 saturated carbocycles. The van der Waals surface area contributed by atoms with E-state index in [1.807, 2.05) is 0 Å². The van der Waals surface area contributed by atoms with E-state index in [1.54, 1.807) is 0 Å². The van der Waals surface area contributed by atoms with E-state index < -0.39 is 6.10 Å². The molecule has 0 unspecified atom stereocenters. The molecule has 0 spiro atoms. The largest absolute Gasteiger partial charge is 0.462 e. The first-order chi connectivity index (χ1) is 29.5. The molecule has 0 aromatic rings. The Balaban J connectivity index is 4.28. The topological polar surface area (TPSA) is 78.9 Å². The second-order valence-corrected chi connectivity index (χ2v) is 17.8. The third kappa shape index (κ3) is 46.9. The van der Waals surface area contributed by atoms with Gasteiger partial charge in [-0.15, -0.1) is 0 Å². The zero-order valence-corrected chi connectivity index (χ0v) is 40.2. The normalized spacial score (nSPS) is 12.1. The highest BCUT2D eigenvalue weighted by Gasteiger charge is 2.19. The van der Waals surface area contributed by atoms with Crippen molar-refractivity contribution in [3.63, 3.8) is 0 Å². The van der Waals surface area contributed by atoms with Crippen LogP contribution in [-0.2, 0) is 28.6 Å². The van der Waals surface area contributed by atoms with E-state index in [-0.39, 0.29) is 31.1 Å². The van der Waals surface area contributed by atoms with Crippen LogP contribution in [-0.4, -0.2) is 37.2 Å². The van der Waals surface area contributed by atoms with E-state index in [1.165, 1.54) is 180 Å². The third-order valence-corrected chi connectivity index (χ3v) is 11.7. The monoisotopic (exact) mass is 845 g/mol. The lowest BCUT2D eigenvalue weighted by Gasteiger charge is -2.18. The number of allylic oxidation sites excluding steroid dienone is 4. The van der Waals surface area contributed by atoms with Gasteiger partial charge in [0.25, 0.3) is 0 Å². The van der Waals surface area contributed by atoms with Crippen molar-refractivity contribution >= 4 is 17.9 Å². The summed E-state index contributed by atoms with van der Waals surface area (Å²) in [6.45, 7) is 6.63. The Kier molecular flexibility index (Phi) is 47.8. The number of esters is 3. The van der Waals surface area contributed by atoms with E-state index in [4.69, 9.17) is 14.2 Å². The summed E-state index contributed by atoms with van der Waals surface area (Å²) in [5, 5.41) is 0. The fourth-order valence-electron chi connectivity index (χ4n) is 7.71. The average molecular weight is 845 g/mol. The highest BCUT2D eigenvalue weighted by atomic mass is 16.6. The van der Waals surface area contributed by atoms with Crippen LogP contribution in [0.25, 0.3) is 0 Å². The van der Waals surface area contributed by atoms with Crippen molar-refractivity contribution in [2.24, 2.45) is 0 Å². The van der Waals surface area contributed by atoms with E-state index in [2.05, 4.69) is 45.1 Å². The fraction of sp³-hybridized carbons (Fsp3) is 0.870. The highest BCUT2D eigenvalue weighted by molar-refractivity contribution is 5.71. The number of carbonyl (C=O) groups excluding carboxylic acids is 3. The minimum absolute atomic E-state index is 0.0675. The van der Waals surface area contributed by atoms with Gasteiger partial charge in [-0.1, -0.05) is 238 Å². The van der Waals surface area contributed by atoms with Crippen molar-refractivity contribution in [1.29, 1.82) is 0 Å². The predicted octanol–water partition coefficient (Wildman–Crippen LogP) is 17.2. The molecular weight excluding hydrogens is 745 g/mol. The Labute approximate surface area is 373 Å². The zero-order chi connectivity index (χ0) is 43.7. The van der Waals surface area contributed by atoms with Gasteiger partial charge in [-0.25, -0.2) is 0 Å². The zero-order valence-electron chi connectivity index (χ0n) is 40.2. The molecule has 0 rings (SSSR count). The van der Waals surface area contributed by atoms with Crippen molar-refractivity contribution in [3.8, 4) is 0 Å². The van der Waals surface area contributed by atoms with Crippen molar-refractivity contribution in [2.45, 2.75) is 290 Å². The fourth-order valence-corrected chi connectivity index (χ4v) is 7.71.